The summed E-state index contributed by atoms with van der Waals surface area (Å²) in [4.78, 5) is 22.8. The molecule has 0 heterocycles. The maximum absolute atomic E-state index is 11.7. The molecule has 0 aliphatic carbocycles. The van der Waals surface area contributed by atoms with Gasteiger partial charge in [0.1, 0.15) is 5.02 Å². The predicted octanol–water partition coefficient (Wildman–Crippen LogP) is 4.14. The van der Waals surface area contributed by atoms with Crippen molar-refractivity contribution in [1.82, 2.24) is 5.43 Å². The van der Waals surface area contributed by atoms with Crippen LogP contribution in [0, 0.1) is 10.1 Å². The monoisotopic (exact) mass is 383 g/mol. The molecule has 0 aliphatic rings. The minimum absolute atomic E-state index is 0.0422. The van der Waals surface area contributed by atoms with Crippen LogP contribution in [-0.4, -0.2) is 22.8 Å². The summed E-state index contributed by atoms with van der Waals surface area (Å²) in [6.45, 7) is 0. The molecule has 1 N–H and O–H groups in total. The number of halogens is 2. The first-order chi connectivity index (χ1) is 11.5. The summed E-state index contributed by atoms with van der Waals surface area (Å²) in [6, 6.07) is 11.4. The van der Waals surface area contributed by atoms with E-state index in [0.29, 0.717) is 10.6 Å². The minimum Gasteiger partial charge on any atom is -0.272 e. The number of amides is 1. The van der Waals surface area contributed by atoms with Gasteiger partial charge in [0.05, 0.1) is 16.9 Å². The summed E-state index contributed by atoms with van der Waals surface area (Å²) < 4.78 is 0. The number of carbonyl (C=O) groups is 1. The Labute approximate surface area is 152 Å². The van der Waals surface area contributed by atoms with E-state index in [1.54, 1.807) is 18.2 Å². The van der Waals surface area contributed by atoms with E-state index < -0.39 is 4.92 Å². The highest BCUT2D eigenvalue weighted by atomic mass is 35.5. The van der Waals surface area contributed by atoms with Crippen LogP contribution in [0.3, 0.4) is 0 Å². The summed E-state index contributed by atoms with van der Waals surface area (Å²) in [5, 5.41) is 15.2. The van der Waals surface area contributed by atoms with Crippen LogP contribution < -0.4 is 5.43 Å². The van der Waals surface area contributed by atoms with Gasteiger partial charge in [-0.25, -0.2) is 5.43 Å². The normalized spacial score (nSPS) is 10.8. The first-order valence-electron chi connectivity index (χ1n) is 6.60. The second kappa shape index (κ2) is 8.68. The van der Waals surface area contributed by atoms with Crippen molar-refractivity contribution in [2.45, 2.75) is 4.90 Å². The average Bonchev–Trinajstić information content (AvgIpc) is 2.55. The van der Waals surface area contributed by atoms with Gasteiger partial charge in [-0.05, 0) is 30.3 Å². The molecular formula is C15H11Cl2N3O3S. The van der Waals surface area contributed by atoms with Gasteiger partial charge < -0.3 is 0 Å². The van der Waals surface area contributed by atoms with Crippen molar-refractivity contribution < 1.29 is 9.72 Å². The van der Waals surface area contributed by atoms with Crippen molar-refractivity contribution in [2.24, 2.45) is 5.10 Å². The van der Waals surface area contributed by atoms with Gasteiger partial charge in [-0.3, -0.25) is 14.9 Å². The molecule has 6 nitrogen and oxygen atoms in total. The van der Waals surface area contributed by atoms with E-state index >= 15 is 0 Å². The van der Waals surface area contributed by atoms with Crippen LogP contribution in [0.15, 0.2) is 52.5 Å². The van der Waals surface area contributed by atoms with Gasteiger partial charge in [0, 0.05) is 21.5 Å². The molecule has 0 unspecified atom stereocenters. The molecule has 0 atom stereocenters. The number of thioether (sulfide) groups is 1. The van der Waals surface area contributed by atoms with Crippen LogP contribution in [-0.2, 0) is 4.79 Å². The number of hydrazone groups is 1. The third-order valence-electron chi connectivity index (χ3n) is 2.75. The maximum atomic E-state index is 11.7. The number of hydrogen-bond acceptors (Lipinski definition) is 5. The highest BCUT2D eigenvalue weighted by Gasteiger charge is 2.11. The Morgan fingerprint density at radius 2 is 1.96 bits per heavy atom. The lowest BCUT2D eigenvalue weighted by Crippen LogP contribution is -2.19. The molecule has 124 valence electrons. The van der Waals surface area contributed by atoms with Gasteiger partial charge >= 0.3 is 0 Å². The fourth-order valence-corrected chi connectivity index (χ4v) is 2.64. The standard InChI is InChI=1S/C15H11Cl2N3O3S/c16-11-2-4-12(5-3-11)24-9-15(21)19-18-8-10-1-6-13(17)14(7-10)20(22)23/h1-8H,9H2,(H,19,21)/b18-8-. The van der Waals surface area contributed by atoms with Gasteiger partial charge in [0.25, 0.3) is 5.69 Å². The molecule has 0 aromatic heterocycles. The third-order valence-corrected chi connectivity index (χ3v) is 4.34. The van der Waals surface area contributed by atoms with E-state index in [-0.39, 0.29) is 22.4 Å². The summed E-state index contributed by atoms with van der Waals surface area (Å²) in [7, 11) is 0. The fraction of sp³-hybridized carbons (Fsp3) is 0.0667. The Bertz CT molecular complexity index is 782. The number of carbonyl (C=O) groups excluding carboxylic acids is 1. The Hall–Kier alpha value is -2.09. The second-order valence-corrected chi connectivity index (χ2v) is 6.40. The molecule has 9 heteroatoms. The van der Waals surface area contributed by atoms with Gasteiger partial charge in [-0.2, -0.15) is 5.10 Å². The van der Waals surface area contributed by atoms with Crippen LogP contribution in [0.2, 0.25) is 10.0 Å². The summed E-state index contributed by atoms with van der Waals surface area (Å²) in [5.41, 5.74) is 2.59. The average molecular weight is 384 g/mol. The number of benzene rings is 2. The molecule has 1 amide bonds. The van der Waals surface area contributed by atoms with Crippen LogP contribution in [0.4, 0.5) is 5.69 Å². The molecule has 24 heavy (non-hydrogen) atoms. The Balaban J connectivity index is 1.87. The number of nitro benzene ring substituents is 1. The number of nitrogens with one attached hydrogen (secondary N) is 1. The first-order valence-corrected chi connectivity index (χ1v) is 8.34. The zero-order valence-electron chi connectivity index (χ0n) is 12.1. The van der Waals surface area contributed by atoms with Gasteiger partial charge in [0.2, 0.25) is 5.91 Å². The van der Waals surface area contributed by atoms with Crippen molar-refractivity contribution >= 4 is 52.8 Å². The number of rotatable bonds is 6. The van der Waals surface area contributed by atoms with Crippen molar-refractivity contribution in [3.63, 3.8) is 0 Å². The van der Waals surface area contributed by atoms with Crippen molar-refractivity contribution in [3.8, 4) is 0 Å². The number of nitro groups is 1. The molecular weight excluding hydrogens is 373 g/mol. The van der Waals surface area contributed by atoms with Crippen LogP contribution >= 0.6 is 35.0 Å². The van der Waals surface area contributed by atoms with Crippen molar-refractivity contribution in [1.29, 1.82) is 0 Å². The molecule has 2 rings (SSSR count). The molecule has 0 fully saturated rings. The Kier molecular flexibility index (Phi) is 6.60. The van der Waals surface area contributed by atoms with Crippen LogP contribution in [0.1, 0.15) is 5.56 Å². The van der Waals surface area contributed by atoms with Gasteiger partial charge in [0.15, 0.2) is 0 Å². The van der Waals surface area contributed by atoms with Crippen LogP contribution in [0.25, 0.3) is 0 Å². The quantitative estimate of drug-likeness (QED) is 0.351. The maximum Gasteiger partial charge on any atom is 0.288 e. The summed E-state index contributed by atoms with van der Waals surface area (Å²) in [6.07, 6.45) is 1.31. The van der Waals surface area contributed by atoms with E-state index in [0.717, 1.165) is 4.90 Å². The molecule has 2 aromatic rings. The largest absolute Gasteiger partial charge is 0.288 e. The minimum atomic E-state index is -0.582. The fourth-order valence-electron chi connectivity index (χ4n) is 1.64. The highest BCUT2D eigenvalue weighted by Crippen LogP contribution is 2.24. The van der Waals surface area contributed by atoms with Crippen LogP contribution in [0.5, 0.6) is 0 Å². The molecule has 0 saturated carbocycles. The predicted molar refractivity (Wildman–Crippen MR) is 96.0 cm³/mol. The lowest BCUT2D eigenvalue weighted by Gasteiger charge is -2.01. The smallest absolute Gasteiger partial charge is 0.272 e. The van der Waals surface area contributed by atoms with E-state index in [4.69, 9.17) is 23.2 Å². The molecule has 0 saturated heterocycles. The van der Waals surface area contributed by atoms with E-state index in [1.165, 1.54) is 30.1 Å². The number of nitrogens with zero attached hydrogens (tertiary/aromatic N) is 2. The number of hydrogen-bond donors (Lipinski definition) is 1. The Morgan fingerprint density at radius 1 is 1.25 bits per heavy atom. The lowest BCUT2D eigenvalue weighted by molar-refractivity contribution is -0.384. The molecule has 0 spiro atoms. The molecule has 0 aliphatic heterocycles. The van der Waals surface area contributed by atoms with Crippen molar-refractivity contribution in [3.05, 3.63) is 68.2 Å². The second-order valence-electron chi connectivity index (χ2n) is 4.50. The topological polar surface area (TPSA) is 84.6 Å². The lowest BCUT2D eigenvalue weighted by atomic mass is 10.2. The zero-order valence-corrected chi connectivity index (χ0v) is 14.4. The van der Waals surface area contributed by atoms with Gasteiger partial charge in [-0.1, -0.05) is 29.3 Å². The Morgan fingerprint density at radius 3 is 2.62 bits per heavy atom. The summed E-state index contributed by atoms with van der Waals surface area (Å²) >= 11 is 12.8. The van der Waals surface area contributed by atoms with E-state index in [2.05, 4.69) is 10.5 Å². The van der Waals surface area contributed by atoms with E-state index in [1.807, 2.05) is 12.1 Å². The van der Waals surface area contributed by atoms with Gasteiger partial charge in [-0.15, -0.1) is 11.8 Å². The summed E-state index contributed by atoms with van der Waals surface area (Å²) in [5.74, 6) is -0.116. The first kappa shape index (κ1) is 18.3. The van der Waals surface area contributed by atoms with E-state index in [9.17, 15) is 14.9 Å². The SMILES string of the molecule is O=C(CSc1ccc(Cl)cc1)N/N=C\c1ccc(Cl)c([N+](=O)[O-])c1. The highest BCUT2D eigenvalue weighted by molar-refractivity contribution is 8.00. The zero-order chi connectivity index (χ0) is 17.5. The molecule has 0 bridgehead atoms. The molecule has 0 radical (unpaired) electrons. The third kappa shape index (κ3) is 5.52. The van der Waals surface area contributed by atoms with Crippen molar-refractivity contribution in [2.75, 3.05) is 5.75 Å². The molecule has 2 aromatic carbocycles.